The molecule has 144 valence electrons. The predicted molar refractivity (Wildman–Crippen MR) is 112 cm³/mol. The normalized spacial score (nSPS) is 13.4. The summed E-state index contributed by atoms with van der Waals surface area (Å²) in [5, 5.41) is 9.57. The molecular weight excluding hydrogens is 372 g/mol. The molecule has 2 heterocycles. The van der Waals surface area contributed by atoms with E-state index in [0.29, 0.717) is 11.2 Å². The molecule has 0 unspecified atom stereocenters. The van der Waals surface area contributed by atoms with Crippen LogP contribution in [0.2, 0.25) is 0 Å². The van der Waals surface area contributed by atoms with E-state index in [-0.39, 0.29) is 0 Å². The van der Waals surface area contributed by atoms with Crippen molar-refractivity contribution in [1.82, 2.24) is 25.9 Å². The van der Waals surface area contributed by atoms with Crippen LogP contribution >= 0.6 is 12.2 Å². The summed E-state index contributed by atoms with van der Waals surface area (Å²) in [5.74, 6) is 1.57. The number of ether oxygens (including phenoxy) is 1. The zero-order valence-electron chi connectivity index (χ0n) is 16.0. The first-order chi connectivity index (χ1) is 13.6. The molecule has 8 heteroatoms. The minimum atomic E-state index is 0.624. The number of nitrogens with zero attached hydrogens (tertiary/aromatic N) is 3. The van der Waals surface area contributed by atoms with E-state index in [4.69, 9.17) is 17.0 Å². The summed E-state index contributed by atoms with van der Waals surface area (Å²) >= 11 is 5.75. The molecule has 0 bridgehead atoms. The first kappa shape index (κ1) is 18.3. The SMILES string of the molecule is COc1ccc(CN2NNN=C2c2c[nH]n(-c3cccc(C)c3C)c2=S)cc1. The maximum absolute atomic E-state index is 5.75. The Balaban J connectivity index is 1.62. The Hall–Kier alpha value is -3.10. The highest BCUT2D eigenvalue weighted by Crippen LogP contribution is 2.20. The van der Waals surface area contributed by atoms with Gasteiger partial charge in [0.25, 0.3) is 0 Å². The van der Waals surface area contributed by atoms with Gasteiger partial charge in [-0.1, -0.05) is 36.5 Å². The molecule has 1 aliphatic rings. The van der Waals surface area contributed by atoms with Crippen LogP contribution in [0.25, 0.3) is 5.69 Å². The van der Waals surface area contributed by atoms with Crippen LogP contribution in [0, 0.1) is 18.5 Å². The molecule has 2 aromatic carbocycles. The van der Waals surface area contributed by atoms with Gasteiger partial charge in [-0.05, 0) is 48.7 Å². The lowest BCUT2D eigenvalue weighted by Gasteiger charge is -2.18. The largest absolute Gasteiger partial charge is 0.497 e. The van der Waals surface area contributed by atoms with Gasteiger partial charge in [-0.3, -0.25) is 10.1 Å². The van der Waals surface area contributed by atoms with Crippen molar-refractivity contribution >= 4 is 18.1 Å². The molecule has 3 aromatic rings. The van der Waals surface area contributed by atoms with E-state index < -0.39 is 0 Å². The van der Waals surface area contributed by atoms with E-state index in [2.05, 4.69) is 47.2 Å². The minimum absolute atomic E-state index is 0.624. The topological polar surface area (TPSA) is 69.6 Å². The van der Waals surface area contributed by atoms with Gasteiger partial charge in [0, 0.05) is 6.20 Å². The molecule has 4 rings (SSSR count). The summed E-state index contributed by atoms with van der Waals surface area (Å²) in [6.07, 6.45) is 1.89. The Kier molecular flexibility index (Phi) is 4.89. The number of aryl methyl sites for hydroxylation is 1. The molecule has 0 fully saturated rings. The molecule has 28 heavy (non-hydrogen) atoms. The van der Waals surface area contributed by atoms with Crippen molar-refractivity contribution in [2.75, 3.05) is 7.11 Å². The smallest absolute Gasteiger partial charge is 0.177 e. The molecule has 3 N–H and O–H groups in total. The maximum atomic E-state index is 5.75. The lowest BCUT2D eigenvalue weighted by molar-refractivity contribution is 0.288. The minimum Gasteiger partial charge on any atom is -0.497 e. The number of aromatic nitrogens is 2. The fourth-order valence-electron chi connectivity index (χ4n) is 3.17. The molecule has 0 amide bonds. The first-order valence-electron chi connectivity index (χ1n) is 8.94. The maximum Gasteiger partial charge on any atom is 0.177 e. The standard InChI is InChI=1S/C20H22N6OS/c1-13-5-4-6-18(14(13)2)26-20(28)17(11-21-26)19-22-23-24-25(19)12-15-7-9-16(27-3)10-8-15/h4-11,21,23-24H,12H2,1-3H3. The monoisotopic (exact) mass is 394 g/mol. The molecular formula is C20H22N6OS. The van der Waals surface area contributed by atoms with Crippen LogP contribution in [0.3, 0.4) is 0 Å². The number of amidine groups is 1. The highest BCUT2D eigenvalue weighted by Gasteiger charge is 2.22. The van der Waals surface area contributed by atoms with Gasteiger partial charge in [-0.2, -0.15) is 0 Å². The average molecular weight is 395 g/mol. The van der Waals surface area contributed by atoms with Gasteiger partial charge in [0.05, 0.1) is 24.9 Å². The Morgan fingerprint density at radius 3 is 2.64 bits per heavy atom. The number of rotatable bonds is 5. The van der Waals surface area contributed by atoms with Crippen molar-refractivity contribution in [3.8, 4) is 11.4 Å². The third kappa shape index (κ3) is 3.28. The molecule has 0 radical (unpaired) electrons. The van der Waals surface area contributed by atoms with Gasteiger partial charge in [-0.25, -0.2) is 10.2 Å². The number of hydrazine groups is 2. The van der Waals surface area contributed by atoms with Crippen LogP contribution in [-0.2, 0) is 6.54 Å². The van der Waals surface area contributed by atoms with Gasteiger partial charge in [0.1, 0.15) is 10.4 Å². The summed E-state index contributed by atoms with van der Waals surface area (Å²) in [7, 11) is 1.66. The van der Waals surface area contributed by atoms with E-state index in [1.54, 1.807) is 7.11 Å². The molecule has 1 aliphatic heterocycles. The van der Waals surface area contributed by atoms with E-state index in [9.17, 15) is 0 Å². The summed E-state index contributed by atoms with van der Waals surface area (Å²) in [5.41, 5.74) is 11.3. The van der Waals surface area contributed by atoms with Crippen molar-refractivity contribution in [1.29, 1.82) is 0 Å². The second-order valence-electron chi connectivity index (χ2n) is 6.64. The predicted octanol–water partition coefficient (Wildman–Crippen LogP) is 3.35. The van der Waals surface area contributed by atoms with Crippen LogP contribution in [0.5, 0.6) is 5.75 Å². The second-order valence-corrected chi connectivity index (χ2v) is 7.03. The highest BCUT2D eigenvalue weighted by atomic mass is 32.1. The molecule has 0 spiro atoms. The van der Waals surface area contributed by atoms with Crippen LogP contribution in [0.4, 0.5) is 0 Å². The van der Waals surface area contributed by atoms with Crippen LogP contribution in [0.1, 0.15) is 22.3 Å². The van der Waals surface area contributed by atoms with Crippen LogP contribution < -0.4 is 15.8 Å². The van der Waals surface area contributed by atoms with Crippen molar-refractivity contribution in [2.45, 2.75) is 20.4 Å². The van der Waals surface area contributed by atoms with Gasteiger partial charge >= 0.3 is 0 Å². The molecule has 7 nitrogen and oxygen atoms in total. The van der Waals surface area contributed by atoms with Gasteiger partial charge < -0.3 is 4.74 Å². The summed E-state index contributed by atoms with van der Waals surface area (Å²) in [6.45, 7) is 4.82. The Labute approximate surface area is 168 Å². The lowest BCUT2D eigenvalue weighted by Crippen LogP contribution is -2.40. The summed E-state index contributed by atoms with van der Waals surface area (Å²) in [6, 6.07) is 14.1. The van der Waals surface area contributed by atoms with Crippen molar-refractivity contribution in [3.63, 3.8) is 0 Å². The number of benzene rings is 2. The number of hydrogen-bond donors (Lipinski definition) is 3. The van der Waals surface area contributed by atoms with Crippen molar-refractivity contribution < 1.29 is 4.74 Å². The Bertz CT molecular complexity index is 1080. The van der Waals surface area contributed by atoms with Crippen molar-refractivity contribution in [2.24, 2.45) is 5.10 Å². The third-order valence-electron chi connectivity index (χ3n) is 4.93. The molecule has 1 aromatic heterocycles. The first-order valence-corrected chi connectivity index (χ1v) is 9.35. The highest BCUT2D eigenvalue weighted by molar-refractivity contribution is 7.71. The molecule has 0 saturated heterocycles. The van der Waals surface area contributed by atoms with E-state index >= 15 is 0 Å². The van der Waals surface area contributed by atoms with Crippen LogP contribution in [0.15, 0.2) is 53.8 Å². The zero-order valence-corrected chi connectivity index (χ0v) is 16.8. The second kappa shape index (κ2) is 7.49. The third-order valence-corrected chi connectivity index (χ3v) is 5.33. The average Bonchev–Trinajstić information content (AvgIpc) is 3.31. The number of methoxy groups -OCH3 is 1. The summed E-state index contributed by atoms with van der Waals surface area (Å²) in [4.78, 5) is 0. The number of hydrazone groups is 1. The Morgan fingerprint density at radius 1 is 1.11 bits per heavy atom. The summed E-state index contributed by atoms with van der Waals surface area (Å²) < 4.78 is 7.82. The number of H-pyrrole nitrogens is 1. The van der Waals surface area contributed by atoms with E-state index in [1.165, 1.54) is 11.1 Å². The van der Waals surface area contributed by atoms with Gasteiger partial charge in [-0.15, -0.1) is 10.6 Å². The molecule has 0 atom stereocenters. The van der Waals surface area contributed by atoms with E-state index in [1.807, 2.05) is 46.2 Å². The number of aromatic amines is 1. The number of nitrogens with one attached hydrogen (secondary N) is 3. The quantitative estimate of drug-likeness (QED) is 0.579. The Morgan fingerprint density at radius 2 is 1.89 bits per heavy atom. The van der Waals surface area contributed by atoms with Gasteiger partial charge in [0.15, 0.2) is 5.84 Å². The van der Waals surface area contributed by atoms with Gasteiger partial charge in [0.2, 0.25) is 0 Å². The fraction of sp³-hybridized carbons (Fsp3) is 0.200. The van der Waals surface area contributed by atoms with E-state index in [0.717, 1.165) is 28.4 Å². The molecule has 0 aliphatic carbocycles. The van der Waals surface area contributed by atoms with Crippen molar-refractivity contribution in [3.05, 3.63) is 75.6 Å². The lowest BCUT2D eigenvalue weighted by atomic mass is 10.1. The van der Waals surface area contributed by atoms with Crippen LogP contribution in [-0.4, -0.2) is 27.7 Å². The number of hydrogen-bond acceptors (Lipinski definition) is 6. The fourth-order valence-corrected chi connectivity index (χ4v) is 3.47. The zero-order chi connectivity index (χ0) is 19.7. The molecule has 0 saturated carbocycles.